The van der Waals surface area contributed by atoms with Crippen LogP contribution in [-0.2, 0) is 14.3 Å². The van der Waals surface area contributed by atoms with Gasteiger partial charge >= 0.3 is 12.1 Å². The van der Waals surface area contributed by atoms with Crippen LogP contribution in [0.3, 0.4) is 0 Å². The highest BCUT2D eigenvalue weighted by atomic mass is 16.5. The lowest BCUT2D eigenvalue weighted by atomic mass is 9.94. The molecule has 1 atom stereocenters. The summed E-state index contributed by atoms with van der Waals surface area (Å²) in [7, 11) is 3.73. The number of nitrogens with one attached hydrogen (secondary N) is 1. The fourth-order valence-corrected chi connectivity index (χ4v) is 4.44. The van der Waals surface area contributed by atoms with Crippen molar-refractivity contribution in [1.29, 1.82) is 0 Å². The predicted octanol–water partition coefficient (Wildman–Crippen LogP) is 3.27. The van der Waals surface area contributed by atoms with Crippen LogP contribution in [0.15, 0.2) is 48.5 Å². The van der Waals surface area contributed by atoms with E-state index in [0.717, 1.165) is 22.3 Å². The lowest BCUT2D eigenvalue weighted by molar-refractivity contribution is -0.147. The van der Waals surface area contributed by atoms with Crippen molar-refractivity contribution in [3.8, 4) is 11.1 Å². The van der Waals surface area contributed by atoms with E-state index in [1.807, 2.05) is 57.1 Å². The molecule has 0 aromatic heterocycles. The molecule has 0 heterocycles. The van der Waals surface area contributed by atoms with Crippen LogP contribution in [0, 0.1) is 11.8 Å². The third-order valence-corrected chi connectivity index (χ3v) is 6.39. The van der Waals surface area contributed by atoms with Gasteiger partial charge in [0.2, 0.25) is 5.91 Å². The Bertz CT molecular complexity index is 1010. The maximum Gasteiger partial charge on any atom is 0.407 e. The van der Waals surface area contributed by atoms with Crippen molar-refractivity contribution in [2.24, 2.45) is 11.8 Å². The number of carbonyl (C=O) groups excluding carboxylic acids is 2. The monoisotopic (exact) mass is 481 g/mol. The molecule has 8 nitrogen and oxygen atoms in total. The Hall–Kier alpha value is -3.39. The Balaban J connectivity index is 1.61. The van der Waals surface area contributed by atoms with E-state index in [1.54, 1.807) is 0 Å². The van der Waals surface area contributed by atoms with Gasteiger partial charge in [-0.25, -0.2) is 4.79 Å². The van der Waals surface area contributed by atoms with E-state index in [-0.39, 0.29) is 37.4 Å². The third-order valence-electron chi connectivity index (χ3n) is 6.39. The lowest BCUT2D eigenvalue weighted by Crippen LogP contribution is -2.47. The van der Waals surface area contributed by atoms with E-state index in [1.165, 1.54) is 4.90 Å². The van der Waals surface area contributed by atoms with E-state index < -0.39 is 18.0 Å². The number of benzene rings is 2. The van der Waals surface area contributed by atoms with Gasteiger partial charge in [0.15, 0.2) is 0 Å². The minimum Gasteiger partial charge on any atom is -0.480 e. The number of ether oxygens (including phenoxy) is 1. The molecule has 0 bridgehead atoms. The van der Waals surface area contributed by atoms with Gasteiger partial charge in [-0.3, -0.25) is 9.59 Å². The summed E-state index contributed by atoms with van der Waals surface area (Å²) in [6.45, 7) is 4.50. The van der Waals surface area contributed by atoms with Crippen molar-refractivity contribution in [3.63, 3.8) is 0 Å². The number of rotatable bonds is 11. The summed E-state index contributed by atoms with van der Waals surface area (Å²) in [4.78, 5) is 40.3. The number of hydrogen-bond acceptors (Lipinski definition) is 5. The first-order valence-corrected chi connectivity index (χ1v) is 11.9. The van der Waals surface area contributed by atoms with Crippen molar-refractivity contribution >= 4 is 18.0 Å². The van der Waals surface area contributed by atoms with Crippen LogP contribution in [0.2, 0.25) is 0 Å². The maximum atomic E-state index is 13.1. The minimum absolute atomic E-state index is 0.0484. The summed E-state index contributed by atoms with van der Waals surface area (Å²) < 4.78 is 5.58. The molecule has 1 aliphatic carbocycles. The summed E-state index contributed by atoms with van der Waals surface area (Å²) >= 11 is 0. The summed E-state index contributed by atoms with van der Waals surface area (Å²) in [5.41, 5.74) is 4.56. The molecule has 0 saturated carbocycles. The van der Waals surface area contributed by atoms with Crippen molar-refractivity contribution in [1.82, 2.24) is 15.1 Å². The van der Waals surface area contributed by atoms with Gasteiger partial charge in [-0.2, -0.15) is 0 Å². The van der Waals surface area contributed by atoms with Crippen molar-refractivity contribution in [2.75, 3.05) is 46.9 Å². The van der Waals surface area contributed by atoms with E-state index in [9.17, 15) is 19.5 Å². The molecule has 2 amide bonds. The first-order valence-electron chi connectivity index (χ1n) is 11.9. The molecule has 0 radical (unpaired) electrons. The number of carbonyl (C=O) groups is 3. The van der Waals surface area contributed by atoms with Crippen LogP contribution in [0.4, 0.5) is 4.79 Å². The Morgan fingerprint density at radius 1 is 0.971 bits per heavy atom. The Labute approximate surface area is 206 Å². The first kappa shape index (κ1) is 26.2. The summed E-state index contributed by atoms with van der Waals surface area (Å²) in [5, 5.41) is 12.0. The van der Waals surface area contributed by atoms with Crippen molar-refractivity contribution in [2.45, 2.75) is 19.8 Å². The zero-order chi connectivity index (χ0) is 25.5. The number of carboxylic acid groups (broad SMARTS) is 1. The van der Waals surface area contributed by atoms with Crippen LogP contribution in [0.25, 0.3) is 11.1 Å². The van der Waals surface area contributed by atoms with Crippen LogP contribution >= 0.6 is 0 Å². The zero-order valence-electron chi connectivity index (χ0n) is 20.9. The van der Waals surface area contributed by atoms with Gasteiger partial charge in [0.1, 0.15) is 13.2 Å². The standard InChI is InChI=1S/C27H35N3O5/c1-18(2)23(26(33)30(16-25(31)32)14-13-29(3)4)15-28-27(34)35-17-24-21-11-7-5-9-19(21)20-10-6-8-12-22(20)24/h5-12,18,23-24H,13-17H2,1-4H3,(H,28,34)(H,31,32). The topological polar surface area (TPSA) is 99.2 Å². The molecule has 1 unspecified atom stereocenters. The largest absolute Gasteiger partial charge is 0.480 e. The van der Waals surface area contributed by atoms with E-state index in [0.29, 0.717) is 13.1 Å². The highest BCUT2D eigenvalue weighted by Crippen LogP contribution is 2.44. The average Bonchev–Trinajstić information content (AvgIpc) is 3.13. The molecule has 3 rings (SSSR count). The second-order valence-corrected chi connectivity index (χ2v) is 9.51. The number of likely N-dealkylation sites (N-methyl/N-ethyl adjacent to an activating group) is 1. The Kier molecular flexibility index (Phi) is 8.87. The third kappa shape index (κ3) is 6.60. The number of aliphatic carboxylic acids is 1. The maximum absolute atomic E-state index is 13.1. The first-order chi connectivity index (χ1) is 16.7. The van der Waals surface area contributed by atoms with Crippen LogP contribution in [-0.4, -0.2) is 79.8 Å². The SMILES string of the molecule is CC(C)C(CNC(=O)OCC1c2ccccc2-c2ccccc21)C(=O)N(CCN(C)C)CC(=O)O. The fraction of sp³-hybridized carbons (Fsp3) is 0.444. The van der Waals surface area contributed by atoms with E-state index >= 15 is 0 Å². The highest BCUT2D eigenvalue weighted by molar-refractivity contribution is 5.84. The number of alkyl carbamates (subject to hydrolysis) is 1. The van der Waals surface area contributed by atoms with Crippen LogP contribution < -0.4 is 5.32 Å². The van der Waals surface area contributed by atoms with Gasteiger partial charge in [-0.1, -0.05) is 62.4 Å². The molecule has 0 saturated heterocycles. The quantitative estimate of drug-likeness (QED) is 0.511. The number of hydrogen-bond donors (Lipinski definition) is 2. The lowest BCUT2D eigenvalue weighted by Gasteiger charge is -2.29. The molecule has 2 N–H and O–H groups in total. The van der Waals surface area contributed by atoms with Gasteiger partial charge in [-0.05, 0) is 42.3 Å². The van der Waals surface area contributed by atoms with Crippen LogP contribution in [0.1, 0.15) is 30.9 Å². The van der Waals surface area contributed by atoms with Crippen molar-refractivity contribution < 1.29 is 24.2 Å². The molecule has 0 fully saturated rings. The van der Waals surface area contributed by atoms with Gasteiger partial charge in [0, 0.05) is 25.6 Å². The number of fused-ring (bicyclic) bond motifs is 3. The normalized spacial score (nSPS) is 13.3. The van der Waals surface area contributed by atoms with Gasteiger partial charge in [0.25, 0.3) is 0 Å². The van der Waals surface area contributed by atoms with Gasteiger partial charge < -0.3 is 25.0 Å². The second kappa shape index (κ2) is 11.8. The molecule has 0 aliphatic heterocycles. The summed E-state index contributed by atoms with van der Waals surface area (Å²) in [6, 6.07) is 16.2. The van der Waals surface area contributed by atoms with Gasteiger partial charge in [0.05, 0.1) is 5.92 Å². The molecule has 2 aromatic rings. The number of carboxylic acids is 1. The number of amides is 2. The predicted molar refractivity (Wildman–Crippen MR) is 134 cm³/mol. The van der Waals surface area contributed by atoms with E-state index in [4.69, 9.17) is 4.74 Å². The van der Waals surface area contributed by atoms with E-state index in [2.05, 4.69) is 29.6 Å². The Morgan fingerprint density at radius 2 is 1.54 bits per heavy atom. The smallest absolute Gasteiger partial charge is 0.407 e. The second-order valence-electron chi connectivity index (χ2n) is 9.51. The molecule has 188 valence electrons. The molecule has 8 heteroatoms. The number of nitrogens with zero attached hydrogens (tertiary/aromatic N) is 2. The minimum atomic E-state index is -1.07. The van der Waals surface area contributed by atoms with Crippen LogP contribution in [0.5, 0.6) is 0 Å². The average molecular weight is 482 g/mol. The zero-order valence-corrected chi connectivity index (χ0v) is 20.9. The summed E-state index contributed by atoms with van der Waals surface area (Å²) in [5.74, 6) is -2.05. The molecular formula is C27H35N3O5. The van der Waals surface area contributed by atoms with Crippen molar-refractivity contribution in [3.05, 3.63) is 59.7 Å². The Morgan fingerprint density at radius 3 is 2.06 bits per heavy atom. The highest BCUT2D eigenvalue weighted by Gasteiger charge is 2.31. The molecule has 0 spiro atoms. The summed E-state index contributed by atoms with van der Waals surface area (Å²) in [6.07, 6.45) is -0.594. The molecule has 1 aliphatic rings. The molecule has 2 aromatic carbocycles. The fourth-order valence-electron chi connectivity index (χ4n) is 4.44. The van der Waals surface area contributed by atoms with Gasteiger partial charge in [-0.15, -0.1) is 0 Å². The molecule has 35 heavy (non-hydrogen) atoms. The molecular weight excluding hydrogens is 446 g/mol.